The number of aromatic nitrogens is 1. The van der Waals surface area contributed by atoms with Crippen molar-refractivity contribution in [1.29, 1.82) is 0 Å². The summed E-state index contributed by atoms with van der Waals surface area (Å²) >= 11 is 0. The van der Waals surface area contributed by atoms with Gasteiger partial charge in [-0.25, -0.2) is 4.98 Å². The van der Waals surface area contributed by atoms with Gasteiger partial charge in [-0.3, -0.25) is 4.99 Å². The van der Waals surface area contributed by atoms with E-state index in [0.717, 1.165) is 44.3 Å². The number of aliphatic imine (C=N–C) groups is 1. The molecule has 1 aliphatic rings. The van der Waals surface area contributed by atoms with Gasteiger partial charge in [0.1, 0.15) is 5.82 Å². The van der Waals surface area contributed by atoms with Gasteiger partial charge in [0.05, 0.1) is 0 Å². The minimum atomic E-state index is 0.354. The lowest BCUT2D eigenvalue weighted by molar-refractivity contribution is 0.573. The number of piperidine rings is 1. The molecule has 2 heterocycles. The van der Waals surface area contributed by atoms with Crippen molar-refractivity contribution in [3.8, 4) is 0 Å². The molecule has 0 spiro atoms. The van der Waals surface area contributed by atoms with Crippen LogP contribution in [-0.4, -0.2) is 37.1 Å². The first-order valence-electron chi connectivity index (χ1n) is 10.5. The summed E-state index contributed by atoms with van der Waals surface area (Å²) in [5.41, 5.74) is 2.61. The maximum Gasteiger partial charge on any atom is 0.191 e. The van der Waals surface area contributed by atoms with Crippen LogP contribution < -0.4 is 15.5 Å². The lowest BCUT2D eigenvalue weighted by atomic mass is 10.1. The van der Waals surface area contributed by atoms with Gasteiger partial charge in [0.25, 0.3) is 0 Å². The molecule has 1 aromatic heterocycles. The molecule has 1 unspecified atom stereocenters. The van der Waals surface area contributed by atoms with Gasteiger partial charge in [-0.2, -0.15) is 0 Å². The fourth-order valence-corrected chi connectivity index (χ4v) is 3.58. The maximum absolute atomic E-state index is 4.56. The molecule has 0 radical (unpaired) electrons. The molecule has 3 rings (SSSR count). The van der Waals surface area contributed by atoms with Crippen LogP contribution in [0.25, 0.3) is 0 Å². The Balaban J connectivity index is 1.47. The van der Waals surface area contributed by atoms with Gasteiger partial charge in [0.15, 0.2) is 5.96 Å². The SMILES string of the molecule is CN=C(NCc1ccnc(N2CCCCC2)c1)NC(C)CCc1ccccc1. The van der Waals surface area contributed by atoms with Crippen molar-refractivity contribution in [3.05, 3.63) is 59.8 Å². The number of benzene rings is 1. The number of pyridine rings is 1. The average Bonchev–Trinajstić information content (AvgIpc) is 2.76. The number of hydrogen-bond acceptors (Lipinski definition) is 3. The zero-order valence-electron chi connectivity index (χ0n) is 17.2. The van der Waals surface area contributed by atoms with Gasteiger partial charge in [0.2, 0.25) is 0 Å². The molecule has 2 aromatic rings. The first-order valence-corrected chi connectivity index (χ1v) is 10.5. The molecule has 5 heteroatoms. The van der Waals surface area contributed by atoms with Gasteiger partial charge in [-0.15, -0.1) is 0 Å². The van der Waals surface area contributed by atoms with Gasteiger partial charge in [-0.1, -0.05) is 30.3 Å². The van der Waals surface area contributed by atoms with Gasteiger partial charge in [-0.05, 0) is 62.3 Å². The summed E-state index contributed by atoms with van der Waals surface area (Å²) in [7, 11) is 1.82. The predicted molar refractivity (Wildman–Crippen MR) is 118 cm³/mol. The third-order valence-electron chi connectivity index (χ3n) is 5.27. The lowest BCUT2D eigenvalue weighted by Gasteiger charge is -2.28. The molecule has 1 aliphatic heterocycles. The van der Waals surface area contributed by atoms with E-state index in [1.54, 1.807) is 0 Å². The third kappa shape index (κ3) is 6.25. The number of anilines is 1. The van der Waals surface area contributed by atoms with Gasteiger partial charge in [0, 0.05) is 38.9 Å². The van der Waals surface area contributed by atoms with E-state index in [1.807, 2.05) is 13.2 Å². The Bertz CT molecular complexity index is 738. The summed E-state index contributed by atoms with van der Waals surface area (Å²) in [5, 5.41) is 6.94. The number of nitrogens with one attached hydrogen (secondary N) is 2. The molecule has 5 nitrogen and oxygen atoms in total. The van der Waals surface area contributed by atoms with E-state index in [-0.39, 0.29) is 0 Å². The highest BCUT2D eigenvalue weighted by Crippen LogP contribution is 2.18. The Labute approximate surface area is 169 Å². The normalized spacial score (nSPS) is 15.9. The monoisotopic (exact) mass is 379 g/mol. The molecular weight excluding hydrogens is 346 g/mol. The van der Waals surface area contributed by atoms with E-state index in [4.69, 9.17) is 0 Å². The Hall–Kier alpha value is -2.56. The van der Waals surface area contributed by atoms with Crippen LogP contribution in [0.15, 0.2) is 53.7 Å². The maximum atomic E-state index is 4.56. The summed E-state index contributed by atoms with van der Waals surface area (Å²) in [6, 6.07) is 15.3. The highest BCUT2D eigenvalue weighted by Gasteiger charge is 2.12. The molecule has 0 saturated carbocycles. The molecule has 2 N–H and O–H groups in total. The lowest BCUT2D eigenvalue weighted by Crippen LogP contribution is -2.42. The number of guanidine groups is 1. The second-order valence-corrected chi connectivity index (χ2v) is 7.57. The van der Waals surface area contributed by atoms with E-state index in [2.05, 4.69) is 74.9 Å². The van der Waals surface area contributed by atoms with Crippen LogP contribution >= 0.6 is 0 Å². The summed E-state index contributed by atoms with van der Waals surface area (Å²) in [6.45, 7) is 5.18. The molecule has 0 amide bonds. The summed E-state index contributed by atoms with van der Waals surface area (Å²) in [6.07, 6.45) is 7.92. The minimum absolute atomic E-state index is 0.354. The highest BCUT2D eigenvalue weighted by molar-refractivity contribution is 5.79. The van der Waals surface area contributed by atoms with Crippen LogP contribution in [0.2, 0.25) is 0 Å². The Morgan fingerprint density at radius 3 is 2.64 bits per heavy atom. The zero-order valence-corrected chi connectivity index (χ0v) is 17.2. The van der Waals surface area contributed by atoms with Crippen LogP contribution in [0.5, 0.6) is 0 Å². The smallest absolute Gasteiger partial charge is 0.191 e. The van der Waals surface area contributed by atoms with E-state index in [0.29, 0.717) is 6.04 Å². The molecule has 28 heavy (non-hydrogen) atoms. The molecule has 1 fully saturated rings. The molecular formula is C23H33N5. The van der Waals surface area contributed by atoms with Crippen molar-refractivity contribution >= 4 is 11.8 Å². The molecule has 1 atom stereocenters. The number of rotatable bonds is 7. The molecule has 1 aromatic carbocycles. The number of nitrogens with zero attached hydrogens (tertiary/aromatic N) is 3. The third-order valence-corrected chi connectivity index (χ3v) is 5.27. The summed E-state index contributed by atoms with van der Waals surface area (Å²) in [4.78, 5) is 11.3. The standard InChI is InChI=1S/C23H33N5/c1-19(11-12-20-9-5-3-6-10-20)27-23(24-2)26-18-21-13-14-25-22(17-21)28-15-7-4-8-16-28/h3,5-6,9-10,13-14,17,19H,4,7-8,11-12,15-16,18H2,1-2H3,(H2,24,26,27). The fourth-order valence-electron chi connectivity index (χ4n) is 3.58. The van der Waals surface area contributed by atoms with Crippen LogP contribution in [0, 0.1) is 0 Å². The molecule has 150 valence electrons. The van der Waals surface area contributed by atoms with E-state index >= 15 is 0 Å². The average molecular weight is 380 g/mol. The Kier molecular flexibility index (Phi) is 7.71. The van der Waals surface area contributed by atoms with E-state index in [1.165, 1.54) is 30.4 Å². The first kappa shape index (κ1) is 20.2. The van der Waals surface area contributed by atoms with Crippen molar-refractivity contribution in [1.82, 2.24) is 15.6 Å². The quantitative estimate of drug-likeness (QED) is 0.568. The van der Waals surface area contributed by atoms with Crippen molar-refractivity contribution in [3.63, 3.8) is 0 Å². The van der Waals surface area contributed by atoms with Crippen molar-refractivity contribution in [2.24, 2.45) is 4.99 Å². The Morgan fingerprint density at radius 1 is 1.11 bits per heavy atom. The predicted octanol–water partition coefficient (Wildman–Crippen LogP) is 3.76. The molecule has 0 aliphatic carbocycles. The van der Waals surface area contributed by atoms with Crippen molar-refractivity contribution in [2.75, 3.05) is 25.0 Å². The number of aryl methyl sites for hydroxylation is 1. The van der Waals surface area contributed by atoms with Crippen LogP contribution in [0.1, 0.15) is 43.7 Å². The van der Waals surface area contributed by atoms with Crippen molar-refractivity contribution < 1.29 is 0 Å². The zero-order chi connectivity index (χ0) is 19.6. The van der Waals surface area contributed by atoms with E-state index < -0.39 is 0 Å². The van der Waals surface area contributed by atoms with Crippen LogP contribution in [0.3, 0.4) is 0 Å². The summed E-state index contributed by atoms with van der Waals surface area (Å²) < 4.78 is 0. The largest absolute Gasteiger partial charge is 0.357 e. The molecule has 1 saturated heterocycles. The van der Waals surface area contributed by atoms with E-state index in [9.17, 15) is 0 Å². The first-order chi connectivity index (χ1) is 13.7. The van der Waals surface area contributed by atoms with Gasteiger partial charge < -0.3 is 15.5 Å². The second-order valence-electron chi connectivity index (χ2n) is 7.57. The summed E-state index contributed by atoms with van der Waals surface area (Å²) in [5.74, 6) is 1.94. The minimum Gasteiger partial charge on any atom is -0.357 e. The fraction of sp³-hybridized carbons (Fsp3) is 0.478. The van der Waals surface area contributed by atoms with Crippen LogP contribution in [0.4, 0.5) is 5.82 Å². The van der Waals surface area contributed by atoms with Crippen LogP contribution in [-0.2, 0) is 13.0 Å². The Morgan fingerprint density at radius 2 is 1.89 bits per heavy atom. The topological polar surface area (TPSA) is 52.6 Å². The number of hydrogen-bond donors (Lipinski definition) is 2. The van der Waals surface area contributed by atoms with Crippen molar-refractivity contribution in [2.45, 2.75) is 51.6 Å². The second kappa shape index (κ2) is 10.7. The highest BCUT2D eigenvalue weighted by atomic mass is 15.2. The van der Waals surface area contributed by atoms with Gasteiger partial charge >= 0.3 is 0 Å². The molecule has 0 bridgehead atoms.